The largest absolute Gasteiger partial charge is 0.386 e. The van der Waals surface area contributed by atoms with Crippen molar-refractivity contribution in [3.63, 3.8) is 0 Å². The molecule has 136 valence electrons. The number of para-hydroxylation sites is 1. The van der Waals surface area contributed by atoms with Crippen molar-refractivity contribution in [1.29, 1.82) is 0 Å². The number of β-amino-alcohol motifs (C(OH)–C–C–N with tert-alkyl or cyclic N) is 1. The molecule has 7 heteroatoms. The monoisotopic (exact) mass is 370 g/mol. The molecule has 1 aliphatic rings. The van der Waals surface area contributed by atoms with E-state index in [-0.39, 0.29) is 5.56 Å². The lowest BCUT2D eigenvalue weighted by molar-refractivity contribution is 0.0707. The van der Waals surface area contributed by atoms with E-state index >= 15 is 0 Å². The number of rotatable bonds is 5. The maximum absolute atomic E-state index is 12.2. The van der Waals surface area contributed by atoms with Gasteiger partial charge in [-0.2, -0.15) is 0 Å². The SMILES string of the molecule is O=c1[nH]c(CN2CCN(CC(O)c3cccs3)CC2)nc2ccccc12. The first kappa shape index (κ1) is 17.4. The number of aromatic nitrogens is 2. The van der Waals surface area contributed by atoms with Gasteiger partial charge in [0, 0.05) is 37.6 Å². The van der Waals surface area contributed by atoms with Gasteiger partial charge in [-0.15, -0.1) is 11.3 Å². The number of nitrogens with zero attached hydrogens (tertiary/aromatic N) is 3. The summed E-state index contributed by atoms with van der Waals surface area (Å²) < 4.78 is 0. The number of aliphatic hydroxyl groups excluding tert-OH is 1. The molecular weight excluding hydrogens is 348 g/mol. The molecule has 2 N–H and O–H groups in total. The van der Waals surface area contributed by atoms with Crippen molar-refractivity contribution in [2.75, 3.05) is 32.7 Å². The molecule has 0 saturated carbocycles. The summed E-state index contributed by atoms with van der Waals surface area (Å²) in [4.78, 5) is 25.3. The van der Waals surface area contributed by atoms with Gasteiger partial charge in [-0.1, -0.05) is 18.2 Å². The molecule has 1 unspecified atom stereocenters. The van der Waals surface area contributed by atoms with Gasteiger partial charge < -0.3 is 10.1 Å². The Morgan fingerprint density at radius 1 is 1.12 bits per heavy atom. The zero-order valence-electron chi connectivity index (χ0n) is 14.5. The van der Waals surface area contributed by atoms with Crippen molar-refractivity contribution in [2.24, 2.45) is 0 Å². The molecule has 2 aromatic heterocycles. The number of hydrogen-bond acceptors (Lipinski definition) is 6. The van der Waals surface area contributed by atoms with Crippen LogP contribution in [0.2, 0.25) is 0 Å². The number of benzene rings is 1. The summed E-state index contributed by atoms with van der Waals surface area (Å²) in [5.74, 6) is 0.709. The Balaban J connectivity index is 1.35. The third kappa shape index (κ3) is 3.86. The van der Waals surface area contributed by atoms with Crippen LogP contribution in [0.25, 0.3) is 10.9 Å². The fourth-order valence-electron chi connectivity index (χ4n) is 3.37. The van der Waals surface area contributed by atoms with Gasteiger partial charge in [-0.05, 0) is 23.6 Å². The molecule has 0 aliphatic carbocycles. The summed E-state index contributed by atoms with van der Waals surface area (Å²) in [5.41, 5.74) is 0.660. The number of fused-ring (bicyclic) bond motifs is 1. The first-order valence-electron chi connectivity index (χ1n) is 8.83. The highest BCUT2D eigenvalue weighted by molar-refractivity contribution is 7.10. The number of H-pyrrole nitrogens is 1. The molecule has 6 nitrogen and oxygen atoms in total. The first-order valence-corrected chi connectivity index (χ1v) is 9.71. The quantitative estimate of drug-likeness (QED) is 0.717. The van der Waals surface area contributed by atoms with E-state index in [1.54, 1.807) is 17.4 Å². The van der Waals surface area contributed by atoms with Crippen molar-refractivity contribution in [3.8, 4) is 0 Å². The van der Waals surface area contributed by atoms with E-state index in [1.807, 2.05) is 35.7 Å². The minimum Gasteiger partial charge on any atom is -0.386 e. The highest BCUT2D eigenvalue weighted by atomic mass is 32.1. The van der Waals surface area contributed by atoms with Crippen LogP contribution in [0.5, 0.6) is 0 Å². The van der Waals surface area contributed by atoms with Crippen LogP contribution < -0.4 is 5.56 Å². The molecule has 0 radical (unpaired) electrons. The average Bonchev–Trinajstić information content (AvgIpc) is 3.18. The standard InChI is InChI=1S/C19H22N4O2S/c24-16(17-6-3-11-26-17)12-22-7-9-23(10-8-22)13-18-20-15-5-2-1-4-14(15)19(25)21-18/h1-6,11,16,24H,7-10,12-13H2,(H,20,21,25). The molecule has 4 rings (SSSR count). The lowest BCUT2D eigenvalue weighted by Crippen LogP contribution is -2.47. The summed E-state index contributed by atoms with van der Waals surface area (Å²) in [5, 5.41) is 12.9. The molecule has 0 spiro atoms. The number of thiophene rings is 1. The fourth-order valence-corrected chi connectivity index (χ4v) is 4.07. The van der Waals surface area contributed by atoms with Crippen LogP contribution in [0.4, 0.5) is 0 Å². The third-order valence-corrected chi connectivity index (χ3v) is 5.78. The normalized spacial score (nSPS) is 17.6. The van der Waals surface area contributed by atoms with Crippen LogP contribution in [-0.4, -0.2) is 57.6 Å². The van der Waals surface area contributed by atoms with Crippen molar-refractivity contribution in [3.05, 3.63) is 62.8 Å². The second kappa shape index (κ2) is 7.67. The van der Waals surface area contributed by atoms with Gasteiger partial charge in [0.25, 0.3) is 5.56 Å². The average molecular weight is 370 g/mol. The Morgan fingerprint density at radius 3 is 2.65 bits per heavy atom. The molecule has 3 heterocycles. The highest BCUT2D eigenvalue weighted by Gasteiger charge is 2.21. The number of hydrogen-bond donors (Lipinski definition) is 2. The van der Waals surface area contributed by atoms with E-state index in [4.69, 9.17) is 0 Å². The molecule has 1 atom stereocenters. The van der Waals surface area contributed by atoms with Gasteiger partial charge in [-0.3, -0.25) is 14.6 Å². The van der Waals surface area contributed by atoms with Crippen molar-refractivity contribution in [1.82, 2.24) is 19.8 Å². The molecule has 26 heavy (non-hydrogen) atoms. The number of nitrogens with one attached hydrogen (secondary N) is 1. The van der Waals surface area contributed by atoms with Gasteiger partial charge >= 0.3 is 0 Å². The Hall–Kier alpha value is -2.06. The van der Waals surface area contributed by atoms with Crippen molar-refractivity contribution in [2.45, 2.75) is 12.6 Å². The summed E-state index contributed by atoms with van der Waals surface area (Å²) in [6, 6.07) is 11.4. The summed E-state index contributed by atoms with van der Waals surface area (Å²) in [6.45, 7) is 4.91. The highest BCUT2D eigenvalue weighted by Crippen LogP contribution is 2.20. The molecule has 0 amide bonds. The number of piperazine rings is 1. The Bertz CT molecular complexity index is 917. The summed E-state index contributed by atoms with van der Waals surface area (Å²) >= 11 is 1.60. The number of aromatic amines is 1. The maximum Gasteiger partial charge on any atom is 0.258 e. The van der Waals surface area contributed by atoms with E-state index in [2.05, 4.69) is 19.8 Å². The van der Waals surface area contributed by atoms with E-state index in [1.165, 1.54) is 0 Å². The predicted octanol–water partition coefficient (Wildman–Crippen LogP) is 1.84. The van der Waals surface area contributed by atoms with Gasteiger partial charge in [0.05, 0.1) is 17.4 Å². The number of aliphatic hydroxyl groups is 1. The first-order chi connectivity index (χ1) is 12.7. The van der Waals surface area contributed by atoms with Crippen molar-refractivity contribution < 1.29 is 5.11 Å². The van der Waals surface area contributed by atoms with Gasteiger partial charge in [0.1, 0.15) is 11.9 Å². The van der Waals surface area contributed by atoms with E-state index < -0.39 is 6.10 Å². The van der Waals surface area contributed by atoms with Crippen LogP contribution in [0.15, 0.2) is 46.6 Å². The molecule has 1 fully saturated rings. The van der Waals surface area contributed by atoms with Crippen LogP contribution >= 0.6 is 11.3 Å². The predicted molar refractivity (Wildman–Crippen MR) is 103 cm³/mol. The van der Waals surface area contributed by atoms with E-state index in [0.717, 1.165) is 36.6 Å². The molecule has 1 saturated heterocycles. The van der Waals surface area contributed by atoms with Gasteiger partial charge in [0.15, 0.2) is 0 Å². The Labute approximate surface area is 155 Å². The zero-order valence-corrected chi connectivity index (χ0v) is 15.3. The molecular formula is C19H22N4O2S. The van der Waals surface area contributed by atoms with Crippen LogP contribution in [0.3, 0.4) is 0 Å². The molecule has 0 bridgehead atoms. The fraction of sp³-hybridized carbons (Fsp3) is 0.368. The van der Waals surface area contributed by atoms with Crippen LogP contribution in [0.1, 0.15) is 16.8 Å². The van der Waals surface area contributed by atoms with E-state index in [9.17, 15) is 9.90 Å². The maximum atomic E-state index is 12.2. The second-order valence-electron chi connectivity index (χ2n) is 6.64. The topological polar surface area (TPSA) is 72.5 Å². The second-order valence-corrected chi connectivity index (χ2v) is 7.62. The zero-order chi connectivity index (χ0) is 17.9. The Kier molecular flexibility index (Phi) is 5.12. The molecule has 3 aromatic rings. The van der Waals surface area contributed by atoms with Gasteiger partial charge in [-0.25, -0.2) is 4.98 Å². The molecule has 1 aromatic carbocycles. The third-order valence-electron chi connectivity index (χ3n) is 4.80. The van der Waals surface area contributed by atoms with Crippen molar-refractivity contribution >= 4 is 22.2 Å². The minimum atomic E-state index is -0.417. The van der Waals surface area contributed by atoms with E-state index in [0.29, 0.717) is 24.3 Å². The Morgan fingerprint density at radius 2 is 1.88 bits per heavy atom. The summed E-state index contributed by atoms with van der Waals surface area (Å²) in [7, 11) is 0. The molecule has 1 aliphatic heterocycles. The smallest absolute Gasteiger partial charge is 0.258 e. The lowest BCUT2D eigenvalue weighted by atomic mass is 10.2. The van der Waals surface area contributed by atoms with Crippen LogP contribution in [-0.2, 0) is 6.54 Å². The lowest BCUT2D eigenvalue weighted by Gasteiger charge is -2.35. The minimum absolute atomic E-state index is 0.0803. The van der Waals surface area contributed by atoms with Gasteiger partial charge in [0.2, 0.25) is 0 Å². The summed E-state index contributed by atoms with van der Waals surface area (Å²) in [6.07, 6.45) is -0.417. The van der Waals surface area contributed by atoms with Crippen LogP contribution in [0, 0.1) is 0 Å².